The second-order valence-electron chi connectivity index (χ2n) is 9.78. The third-order valence-corrected chi connectivity index (χ3v) is 7.71. The Morgan fingerprint density at radius 1 is 1.12 bits per heavy atom. The molecule has 42 heavy (non-hydrogen) atoms. The summed E-state index contributed by atoms with van der Waals surface area (Å²) in [5.41, 5.74) is 8.27. The standard InChI is InChI=1S/C20H24FN10O10P/c21-7-12(41-42(36,37)38)20(2-32,40-17(7)30-4-26-8-13(22)24-3-25-14(8)30)1-6-10(33)11(34)18(39-6)31-5-27-9-15(31)28-19(23)29-16(9)35/h3-7,10-12,17-18,32-34H,1-2H2,(H2,22,24,25)(H2,36,37,38)(H3,23,28,29,35)/p-1/t6-,7-,10-,11-,12+,17-,18-,20-/m1/s1. The number of hydrogen-bond donors (Lipinski definition) is 7. The van der Waals surface area contributed by atoms with Crippen molar-refractivity contribution in [3.63, 3.8) is 0 Å². The Bertz CT molecular complexity index is 1760. The summed E-state index contributed by atoms with van der Waals surface area (Å²) < 4.78 is 46.3. The molecule has 226 valence electrons. The van der Waals surface area contributed by atoms with Crippen molar-refractivity contribution in [2.75, 3.05) is 18.1 Å². The number of aromatic amines is 1. The topological polar surface area (TPSA) is 308 Å². The number of anilines is 2. The van der Waals surface area contributed by atoms with Gasteiger partial charge in [0.05, 0.1) is 25.4 Å². The Kier molecular flexibility index (Phi) is 6.75. The molecule has 2 fully saturated rings. The summed E-state index contributed by atoms with van der Waals surface area (Å²) in [5, 5.41) is 32.2. The highest BCUT2D eigenvalue weighted by molar-refractivity contribution is 7.44. The van der Waals surface area contributed by atoms with E-state index in [1.165, 1.54) is 0 Å². The maximum Gasteiger partial charge on any atom is 0.280 e. The number of nitrogen functional groups attached to an aromatic ring is 2. The van der Waals surface area contributed by atoms with Crippen molar-refractivity contribution in [1.29, 1.82) is 0 Å². The van der Waals surface area contributed by atoms with E-state index < -0.39 is 75.1 Å². The van der Waals surface area contributed by atoms with Crippen LogP contribution in [0.25, 0.3) is 22.3 Å². The molecule has 2 saturated heterocycles. The van der Waals surface area contributed by atoms with E-state index >= 15 is 4.39 Å². The number of halogens is 1. The van der Waals surface area contributed by atoms with Gasteiger partial charge in [-0.3, -0.25) is 23.5 Å². The Hall–Kier alpha value is -3.66. The van der Waals surface area contributed by atoms with Crippen LogP contribution in [0.5, 0.6) is 0 Å². The van der Waals surface area contributed by atoms with E-state index in [4.69, 9.17) is 20.9 Å². The molecule has 0 spiro atoms. The number of nitrogens with one attached hydrogen (secondary N) is 1. The van der Waals surface area contributed by atoms with Crippen molar-refractivity contribution in [3.05, 3.63) is 29.3 Å². The maximum atomic E-state index is 16.0. The van der Waals surface area contributed by atoms with Gasteiger partial charge in [0.25, 0.3) is 13.4 Å². The van der Waals surface area contributed by atoms with Crippen LogP contribution in [0, 0.1) is 0 Å². The van der Waals surface area contributed by atoms with Crippen molar-refractivity contribution in [1.82, 2.24) is 39.0 Å². The highest BCUT2D eigenvalue weighted by atomic mass is 31.2. The lowest BCUT2D eigenvalue weighted by Crippen LogP contribution is -2.51. The first-order valence-electron chi connectivity index (χ1n) is 12.2. The number of H-pyrrole nitrogens is 1. The number of aromatic nitrogens is 8. The zero-order valence-corrected chi connectivity index (χ0v) is 21.9. The molecule has 0 amide bonds. The molecule has 2 aliphatic rings. The number of hydrogen-bond acceptors (Lipinski definition) is 16. The SMILES string of the molecule is Nc1nc2c(ncn2[C@@H]2O[C@H](C[C@]3(CO)O[C@@H](n4cnc5c(N)ncnc54)[C@H](F)[C@@H]3OP(=O)([O-])O)[C@@H](O)[C@H]2O)c(=O)[nH]1. The number of aliphatic hydroxyl groups excluding tert-OH is 3. The molecule has 0 aliphatic carbocycles. The third-order valence-electron chi connectivity index (χ3n) is 7.22. The molecule has 0 radical (unpaired) electrons. The van der Waals surface area contributed by atoms with Crippen LogP contribution in [-0.2, 0) is 18.6 Å². The van der Waals surface area contributed by atoms with Gasteiger partial charge in [0, 0.05) is 6.42 Å². The number of alkyl halides is 1. The number of rotatable bonds is 7. The number of aliphatic hydroxyl groups is 3. The lowest BCUT2D eigenvalue weighted by atomic mass is 9.88. The highest BCUT2D eigenvalue weighted by Gasteiger charge is 2.61. The summed E-state index contributed by atoms with van der Waals surface area (Å²) in [6.45, 7) is -1.10. The zero-order valence-electron chi connectivity index (χ0n) is 21.0. The van der Waals surface area contributed by atoms with Gasteiger partial charge in [0.2, 0.25) is 5.95 Å². The summed E-state index contributed by atoms with van der Waals surface area (Å²) in [4.78, 5) is 55.4. The van der Waals surface area contributed by atoms with Crippen molar-refractivity contribution in [2.24, 2.45) is 0 Å². The highest BCUT2D eigenvalue weighted by Crippen LogP contribution is 2.50. The second kappa shape index (κ2) is 9.97. The normalized spacial score (nSPS) is 33.0. The number of imidazole rings is 2. The minimum atomic E-state index is -5.63. The number of fused-ring (bicyclic) bond motifs is 2. The predicted molar refractivity (Wildman–Crippen MR) is 132 cm³/mol. The minimum absolute atomic E-state index is 0.00155. The van der Waals surface area contributed by atoms with Gasteiger partial charge in [-0.05, 0) is 0 Å². The van der Waals surface area contributed by atoms with Crippen LogP contribution < -0.4 is 21.9 Å². The molecule has 0 saturated carbocycles. The zero-order chi connectivity index (χ0) is 30.1. The predicted octanol–water partition coefficient (Wildman–Crippen LogP) is -3.42. The van der Waals surface area contributed by atoms with E-state index in [-0.39, 0.29) is 34.1 Å². The molecular weight excluding hydrogens is 590 g/mol. The lowest BCUT2D eigenvalue weighted by molar-refractivity contribution is -0.234. The first-order valence-corrected chi connectivity index (χ1v) is 13.6. The molecule has 4 aromatic heterocycles. The first-order chi connectivity index (χ1) is 19.8. The number of ether oxygens (including phenoxy) is 2. The smallest absolute Gasteiger partial charge is 0.280 e. The third kappa shape index (κ3) is 4.51. The summed E-state index contributed by atoms with van der Waals surface area (Å²) in [7, 11) is -5.63. The second-order valence-corrected chi connectivity index (χ2v) is 10.9. The van der Waals surface area contributed by atoms with Crippen LogP contribution in [0.2, 0.25) is 0 Å². The van der Waals surface area contributed by atoms with Gasteiger partial charge >= 0.3 is 0 Å². The van der Waals surface area contributed by atoms with Crippen LogP contribution in [0.15, 0.2) is 23.8 Å². The molecule has 0 aromatic carbocycles. The van der Waals surface area contributed by atoms with Crippen molar-refractivity contribution >= 4 is 41.9 Å². The molecular formula is C20H23FN10O10P-. The molecule has 20 nitrogen and oxygen atoms in total. The first kappa shape index (κ1) is 28.5. The Balaban J connectivity index is 1.35. The Morgan fingerprint density at radius 2 is 1.81 bits per heavy atom. The molecule has 9 atom stereocenters. The molecule has 4 aromatic rings. The fourth-order valence-electron chi connectivity index (χ4n) is 5.33. The van der Waals surface area contributed by atoms with Crippen LogP contribution in [0.1, 0.15) is 18.9 Å². The molecule has 9 N–H and O–H groups in total. The van der Waals surface area contributed by atoms with Gasteiger partial charge in [-0.15, -0.1) is 0 Å². The van der Waals surface area contributed by atoms with Crippen molar-refractivity contribution in [3.8, 4) is 0 Å². The van der Waals surface area contributed by atoms with E-state index in [0.29, 0.717) is 0 Å². The number of phosphoric acid groups is 1. The van der Waals surface area contributed by atoms with Gasteiger partial charge in [-0.25, -0.2) is 24.3 Å². The number of phosphoric ester groups is 1. The van der Waals surface area contributed by atoms with E-state index in [0.717, 1.165) is 28.1 Å². The van der Waals surface area contributed by atoms with Gasteiger partial charge in [-0.1, -0.05) is 0 Å². The van der Waals surface area contributed by atoms with Crippen molar-refractivity contribution in [2.45, 2.75) is 55.1 Å². The van der Waals surface area contributed by atoms with E-state index in [9.17, 15) is 34.5 Å². The number of nitrogens with zero attached hydrogens (tertiary/aromatic N) is 7. The summed E-state index contributed by atoms with van der Waals surface area (Å²) in [5.74, 6) is -0.303. The van der Waals surface area contributed by atoms with Crippen LogP contribution in [0.4, 0.5) is 16.2 Å². The Morgan fingerprint density at radius 3 is 2.50 bits per heavy atom. The minimum Gasteiger partial charge on any atom is -0.756 e. The maximum absolute atomic E-state index is 16.0. The van der Waals surface area contributed by atoms with Gasteiger partial charge in [0.15, 0.2) is 41.3 Å². The molecule has 1 unspecified atom stereocenters. The van der Waals surface area contributed by atoms with Gasteiger partial charge in [0.1, 0.15) is 35.8 Å². The van der Waals surface area contributed by atoms with Crippen LogP contribution >= 0.6 is 7.82 Å². The number of nitrogens with two attached hydrogens (primary N) is 2. The Labute approximate surface area is 232 Å². The average Bonchev–Trinajstić information content (AvgIpc) is 3.66. The quantitative estimate of drug-likeness (QED) is 0.0998. The largest absolute Gasteiger partial charge is 0.756 e. The molecule has 22 heteroatoms. The fraction of sp³-hybridized carbons (Fsp3) is 0.500. The molecule has 6 heterocycles. The summed E-state index contributed by atoms with van der Waals surface area (Å²) in [6, 6.07) is 0. The van der Waals surface area contributed by atoms with Gasteiger partial charge < -0.3 is 50.6 Å². The summed E-state index contributed by atoms with van der Waals surface area (Å²) >= 11 is 0. The van der Waals surface area contributed by atoms with Gasteiger partial charge in [-0.2, -0.15) is 4.98 Å². The van der Waals surface area contributed by atoms with E-state index in [1.54, 1.807) is 0 Å². The van der Waals surface area contributed by atoms with E-state index in [2.05, 4.69) is 34.4 Å². The monoisotopic (exact) mass is 613 g/mol. The molecule has 2 aliphatic heterocycles. The average molecular weight is 613 g/mol. The molecule has 6 rings (SSSR count). The van der Waals surface area contributed by atoms with E-state index in [1.807, 2.05) is 0 Å². The fourth-order valence-corrected chi connectivity index (χ4v) is 5.93. The lowest BCUT2D eigenvalue weighted by Gasteiger charge is -2.36. The molecule has 0 bridgehead atoms. The van der Waals surface area contributed by atoms with Crippen LogP contribution in [-0.4, -0.2) is 102 Å². The van der Waals surface area contributed by atoms with Crippen molar-refractivity contribution < 1.29 is 48.1 Å². The summed E-state index contributed by atoms with van der Waals surface area (Å²) in [6.07, 6.45) is -9.99. The van der Waals surface area contributed by atoms with Crippen LogP contribution in [0.3, 0.4) is 0 Å².